The molecule has 1 aromatic heterocycles. The van der Waals surface area contributed by atoms with Crippen LogP contribution in [0.1, 0.15) is 70.1 Å². The molecule has 0 radical (unpaired) electrons. The number of aryl methyl sites for hydroxylation is 1. The molecule has 2 fully saturated rings. The van der Waals surface area contributed by atoms with Gasteiger partial charge in [-0.25, -0.2) is 23.4 Å². The molecule has 12 heteroatoms. The van der Waals surface area contributed by atoms with Crippen molar-refractivity contribution in [1.29, 1.82) is 0 Å². The fourth-order valence-electron chi connectivity index (χ4n) is 6.57. The van der Waals surface area contributed by atoms with Crippen LogP contribution in [-0.4, -0.2) is 40.2 Å². The Hall–Kier alpha value is -5.00. The predicted molar refractivity (Wildman–Crippen MR) is 161 cm³/mol. The van der Waals surface area contributed by atoms with E-state index in [9.17, 15) is 36.6 Å². The Labute approximate surface area is 266 Å². The number of benzene rings is 3. The number of alkyl halides is 5. The number of ether oxygens (including phenoxy) is 2. The number of carbonyl (C=O) groups is 2. The molecule has 1 N–H and O–H groups in total. The van der Waals surface area contributed by atoms with Gasteiger partial charge in [-0.15, -0.1) is 0 Å². The van der Waals surface area contributed by atoms with Crippen molar-refractivity contribution < 1.29 is 46.1 Å². The highest BCUT2D eigenvalue weighted by molar-refractivity contribution is 5.89. The minimum Gasteiger partial charge on any atom is -0.481 e. The van der Waals surface area contributed by atoms with Crippen LogP contribution in [0.5, 0.6) is 5.88 Å². The van der Waals surface area contributed by atoms with Gasteiger partial charge in [0.25, 0.3) is 5.92 Å². The van der Waals surface area contributed by atoms with Crippen LogP contribution in [0.3, 0.4) is 0 Å². The zero-order valence-corrected chi connectivity index (χ0v) is 25.4. The van der Waals surface area contributed by atoms with Crippen molar-refractivity contribution in [2.45, 2.75) is 57.0 Å². The minimum absolute atomic E-state index is 0.114. The molecule has 0 saturated carbocycles. The molecule has 0 aliphatic carbocycles. The summed E-state index contributed by atoms with van der Waals surface area (Å²) in [6.07, 6.45) is -4.07. The fraction of sp³-hybridized carbons (Fsp3) is 0.286. The maximum atomic E-state index is 14.7. The highest BCUT2D eigenvalue weighted by Gasteiger charge is 2.51. The molecule has 2 saturated heterocycles. The van der Waals surface area contributed by atoms with E-state index in [4.69, 9.17) is 9.47 Å². The van der Waals surface area contributed by atoms with Gasteiger partial charge in [-0.2, -0.15) is 13.2 Å². The van der Waals surface area contributed by atoms with E-state index < -0.39 is 47.9 Å². The number of aromatic nitrogens is 1. The second-order valence-electron chi connectivity index (χ2n) is 11.8. The van der Waals surface area contributed by atoms with Gasteiger partial charge < -0.3 is 14.6 Å². The van der Waals surface area contributed by atoms with E-state index in [1.807, 2.05) is 0 Å². The highest BCUT2D eigenvalue weighted by Crippen LogP contribution is 2.51. The second-order valence-corrected chi connectivity index (χ2v) is 11.8. The number of hydrogen-bond acceptors (Lipinski definition) is 5. The van der Waals surface area contributed by atoms with Crippen LogP contribution in [-0.2, 0) is 16.8 Å². The maximum Gasteiger partial charge on any atom is 0.416 e. The largest absolute Gasteiger partial charge is 0.481 e. The van der Waals surface area contributed by atoms with E-state index in [2.05, 4.69) is 4.98 Å². The third-order valence-corrected chi connectivity index (χ3v) is 8.80. The van der Waals surface area contributed by atoms with Gasteiger partial charge in [0.1, 0.15) is 6.10 Å². The average molecular weight is 653 g/mol. The smallest absolute Gasteiger partial charge is 0.416 e. The van der Waals surface area contributed by atoms with E-state index in [0.29, 0.717) is 46.2 Å². The molecule has 4 aromatic rings. The Kier molecular flexibility index (Phi) is 7.93. The van der Waals surface area contributed by atoms with Crippen molar-refractivity contribution in [2.24, 2.45) is 0 Å². The van der Waals surface area contributed by atoms with Gasteiger partial charge in [-0.3, -0.25) is 4.90 Å². The molecule has 0 spiro atoms. The topological polar surface area (TPSA) is 89.0 Å². The first-order valence-electron chi connectivity index (χ1n) is 14.7. The summed E-state index contributed by atoms with van der Waals surface area (Å²) in [6, 6.07) is 13.8. The summed E-state index contributed by atoms with van der Waals surface area (Å²) in [5.41, 5.74) is 2.41. The van der Waals surface area contributed by atoms with Gasteiger partial charge in [0, 0.05) is 29.8 Å². The summed E-state index contributed by atoms with van der Waals surface area (Å²) in [6.45, 7) is 2.52. The summed E-state index contributed by atoms with van der Waals surface area (Å²) in [5.74, 6) is -4.10. The molecule has 2 aliphatic rings. The summed E-state index contributed by atoms with van der Waals surface area (Å²) >= 11 is 0. The van der Waals surface area contributed by atoms with Gasteiger partial charge in [0.05, 0.1) is 30.3 Å². The van der Waals surface area contributed by atoms with Crippen molar-refractivity contribution >= 4 is 12.1 Å². The molecule has 0 bridgehead atoms. The number of nitrogens with zero attached hydrogens (tertiary/aromatic N) is 2. The number of methoxy groups -OCH3 is 1. The fourth-order valence-corrected chi connectivity index (χ4v) is 6.57. The zero-order valence-electron chi connectivity index (χ0n) is 25.4. The third-order valence-electron chi connectivity index (χ3n) is 8.80. The van der Waals surface area contributed by atoms with Gasteiger partial charge in [0.15, 0.2) is 0 Å². The number of carbonyl (C=O) groups excluding carboxylic acids is 1. The van der Waals surface area contributed by atoms with E-state index >= 15 is 0 Å². The van der Waals surface area contributed by atoms with Gasteiger partial charge in [-0.05, 0) is 84.0 Å². The molecular formula is C35H29F5N2O5. The molecule has 1 amide bonds. The molecule has 0 unspecified atom stereocenters. The quantitative estimate of drug-likeness (QED) is 0.201. The molecule has 7 nitrogen and oxygen atoms in total. The lowest BCUT2D eigenvalue weighted by molar-refractivity contribution is -0.137. The first-order chi connectivity index (χ1) is 22.2. The van der Waals surface area contributed by atoms with Crippen LogP contribution >= 0.6 is 0 Å². The van der Waals surface area contributed by atoms with Crippen molar-refractivity contribution in [2.75, 3.05) is 7.11 Å². The van der Waals surface area contributed by atoms with Crippen LogP contribution in [0, 0.1) is 6.92 Å². The Morgan fingerprint density at radius 2 is 1.70 bits per heavy atom. The predicted octanol–water partition coefficient (Wildman–Crippen LogP) is 8.96. The molecule has 244 valence electrons. The van der Waals surface area contributed by atoms with Crippen molar-refractivity contribution in [3.05, 3.63) is 106 Å². The number of pyridine rings is 1. The summed E-state index contributed by atoms with van der Waals surface area (Å²) < 4.78 is 81.0. The molecule has 3 heterocycles. The standard InChI is InChI=1S/C35H29F5N2O5/c1-18-13-20(32(43)44)7-9-24(18)21-15-27(31(46-3)41-17-21)25-10-8-22(34(2,36)37)16-26(25)28-11-12-29-30(47-33(45)42(28)29)19-5-4-6-23(14-19)35(38,39)40/h4-10,13-17,28-30H,11-12H2,1-3H3,(H,43,44)/t28-,29-,30+/m0/s1. The number of cyclic esters (lactones) is 1. The molecule has 2 aliphatic heterocycles. The average Bonchev–Trinajstić information content (AvgIpc) is 3.60. The van der Waals surface area contributed by atoms with E-state index in [1.54, 1.807) is 25.3 Å². The number of fused-ring (bicyclic) bond motifs is 1. The van der Waals surface area contributed by atoms with Gasteiger partial charge >= 0.3 is 18.2 Å². The van der Waals surface area contributed by atoms with Crippen LogP contribution in [0.25, 0.3) is 22.3 Å². The lowest BCUT2D eigenvalue weighted by Gasteiger charge is -2.26. The van der Waals surface area contributed by atoms with Gasteiger partial charge in [-0.1, -0.05) is 30.3 Å². The number of halogens is 5. The van der Waals surface area contributed by atoms with Gasteiger partial charge in [0.2, 0.25) is 5.88 Å². The number of rotatable bonds is 7. The molecular weight excluding hydrogens is 623 g/mol. The summed E-state index contributed by atoms with van der Waals surface area (Å²) in [5, 5.41) is 9.39. The zero-order chi connectivity index (χ0) is 33.8. The third kappa shape index (κ3) is 5.88. The molecule has 47 heavy (non-hydrogen) atoms. The van der Waals surface area contributed by atoms with E-state index in [-0.39, 0.29) is 22.6 Å². The van der Waals surface area contributed by atoms with Crippen LogP contribution < -0.4 is 4.74 Å². The second kappa shape index (κ2) is 11.7. The highest BCUT2D eigenvalue weighted by atomic mass is 19.4. The maximum absolute atomic E-state index is 14.7. The van der Waals surface area contributed by atoms with E-state index in [0.717, 1.165) is 19.1 Å². The summed E-state index contributed by atoms with van der Waals surface area (Å²) in [4.78, 5) is 30.7. The monoisotopic (exact) mass is 652 g/mol. The Morgan fingerprint density at radius 1 is 0.957 bits per heavy atom. The number of carboxylic acid groups (broad SMARTS) is 1. The Balaban J connectivity index is 1.45. The molecule has 6 rings (SSSR count). The number of amides is 1. The first-order valence-corrected chi connectivity index (χ1v) is 14.7. The molecule has 3 atom stereocenters. The molecule has 3 aromatic carbocycles. The van der Waals surface area contributed by atoms with Crippen molar-refractivity contribution in [1.82, 2.24) is 9.88 Å². The van der Waals surface area contributed by atoms with Crippen LogP contribution in [0.2, 0.25) is 0 Å². The lowest BCUT2D eigenvalue weighted by atomic mass is 9.89. The van der Waals surface area contributed by atoms with Crippen molar-refractivity contribution in [3.63, 3.8) is 0 Å². The first kappa shape index (κ1) is 32.0. The SMILES string of the molecule is COc1ncc(-c2ccc(C(=O)O)cc2C)cc1-c1ccc(C(C)(F)F)cc1[C@@H]1CC[C@H]2[C@@H](c3cccc(C(F)(F)F)c3)OC(=O)N12. The van der Waals surface area contributed by atoms with E-state index in [1.165, 1.54) is 54.5 Å². The normalized spacial score (nSPS) is 19.4. The Morgan fingerprint density at radius 3 is 2.36 bits per heavy atom. The van der Waals surface area contributed by atoms with Crippen molar-refractivity contribution in [3.8, 4) is 28.1 Å². The number of carboxylic acids is 1. The number of hydrogen-bond donors (Lipinski definition) is 1. The minimum atomic E-state index is -4.59. The van der Waals surface area contributed by atoms with Crippen LogP contribution in [0.15, 0.2) is 72.9 Å². The summed E-state index contributed by atoms with van der Waals surface area (Å²) in [7, 11) is 1.41. The lowest BCUT2D eigenvalue weighted by Crippen LogP contribution is -2.31. The van der Waals surface area contributed by atoms with Crippen LogP contribution in [0.4, 0.5) is 26.7 Å². The Bertz CT molecular complexity index is 1890. The number of aromatic carboxylic acids is 1.